The number of nitrogens with two attached hydrogens (primary N) is 1. The first-order valence-corrected chi connectivity index (χ1v) is 8.75. The predicted molar refractivity (Wildman–Crippen MR) is 86.7 cm³/mol. The van der Waals surface area contributed by atoms with Crippen LogP contribution in [0.1, 0.15) is 19.3 Å². The topological polar surface area (TPSA) is 81.9 Å². The predicted octanol–water partition coefficient (Wildman–Crippen LogP) is 1.42. The second-order valence-corrected chi connectivity index (χ2v) is 6.64. The molecule has 23 heavy (non-hydrogen) atoms. The van der Waals surface area contributed by atoms with Gasteiger partial charge in [0.05, 0.1) is 5.75 Å². The van der Waals surface area contributed by atoms with Gasteiger partial charge in [0.2, 0.25) is 11.8 Å². The number of rotatable bonds is 4. The molecule has 0 bridgehead atoms. The standard InChI is InChI=1S/C16H20N2O4S/c17-16(20)12-3-1-2-6-18(12)15(19)10-23-11-4-5-13-14(9-11)22-8-7-21-13/h4-5,9,12H,1-3,6-8,10H2,(H2,17,20)/t12-/m0/s1. The second-order valence-electron chi connectivity index (χ2n) is 5.60. The van der Waals surface area contributed by atoms with E-state index in [2.05, 4.69) is 0 Å². The van der Waals surface area contributed by atoms with Crippen LogP contribution in [0.25, 0.3) is 0 Å². The summed E-state index contributed by atoms with van der Waals surface area (Å²) < 4.78 is 11.0. The highest BCUT2D eigenvalue weighted by Crippen LogP contribution is 2.34. The molecule has 1 fully saturated rings. The molecule has 1 saturated heterocycles. The Morgan fingerprint density at radius 3 is 2.78 bits per heavy atom. The molecule has 1 atom stereocenters. The van der Waals surface area contributed by atoms with E-state index in [1.54, 1.807) is 4.90 Å². The number of piperidine rings is 1. The number of carbonyl (C=O) groups excluding carboxylic acids is 2. The maximum Gasteiger partial charge on any atom is 0.240 e. The summed E-state index contributed by atoms with van der Waals surface area (Å²) in [4.78, 5) is 26.5. The monoisotopic (exact) mass is 336 g/mol. The number of ether oxygens (including phenoxy) is 2. The summed E-state index contributed by atoms with van der Waals surface area (Å²) >= 11 is 1.43. The van der Waals surface area contributed by atoms with Gasteiger partial charge in [0.25, 0.3) is 0 Å². The molecule has 7 heteroatoms. The summed E-state index contributed by atoms with van der Waals surface area (Å²) in [5, 5.41) is 0. The van der Waals surface area contributed by atoms with E-state index >= 15 is 0 Å². The highest BCUT2D eigenvalue weighted by Gasteiger charge is 2.30. The zero-order valence-corrected chi connectivity index (χ0v) is 13.6. The molecule has 0 aliphatic carbocycles. The molecule has 0 unspecified atom stereocenters. The van der Waals surface area contributed by atoms with E-state index in [0.717, 1.165) is 23.5 Å². The van der Waals surface area contributed by atoms with Crippen LogP contribution in [0, 0.1) is 0 Å². The molecule has 0 saturated carbocycles. The molecule has 3 rings (SSSR count). The van der Waals surface area contributed by atoms with Gasteiger partial charge in [-0.3, -0.25) is 9.59 Å². The van der Waals surface area contributed by atoms with Crippen LogP contribution in [-0.4, -0.2) is 48.3 Å². The van der Waals surface area contributed by atoms with E-state index in [1.165, 1.54) is 11.8 Å². The van der Waals surface area contributed by atoms with Gasteiger partial charge >= 0.3 is 0 Å². The number of hydrogen-bond donors (Lipinski definition) is 1. The van der Waals surface area contributed by atoms with Crippen molar-refractivity contribution in [3.63, 3.8) is 0 Å². The highest BCUT2D eigenvalue weighted by atomic mass is 32.2. The molecule has 2 aliphatic heterocycles. The molecule has 2 amide bonds. The molecular weight excluding hydrogens is 316 g/mol. The maximum absolute atomic E-state index is 12.4. The smallest absolute Gasteiger partial charge is 0.240 e. The first-order chi connectivity index (χ1) is 11.1. The number of fused-ring (bicyclic) bond motifs is 1. The van der Waals surface area contributed by atoms with E-state index in [9.17, 15) is 9.59 Å². The Morgan fingerprint density at radius 1 is 1.22 bits per heavy atom. The fourth-order valence-electron chi connectivity index (χ4n) is 2.87. The average Bonchev–Trinajstić information content (AvgIpc) is 2.59. The first kappa shape index (κ1) is 16.0. The fraction of sp³-hybridized carbons (Fsp3) is 0.500. The Bertz CT molecular complexity index is 608. The molecule has 124 valence electrons. The van der Waals surface area contributed by atoms with E-state index in [4.69, 9.17) is 15.2 Å². The van der Waals surface area contributed by atoms with Gasteiger partial charge < -0.3 is 20.1 Å². The number of nitrogens with zero attached hydrogens (tertiary/aromatic N) is 1. The van der Waals surface area contributed by atoms with Gasteiger partial charge in [-0.15, -0.1) is 11.8 Å². The van der Waals surface area contributed by atoms with Gasteiger partial charge in [0.15, 0.2) is 11.5 Å². The summed E-state index contributed by atoms with van der Waals surface area (Å²) in [5.74, 6) is 1.26. The van der Waals surface area contributed by atoms with Crippen molar-refractivity contribution in [3.8, 4) is 11.5 Å². The molecule has 2 heterocycles. The van der Waals surface area contributed by atoms with Crippen molar-refractivity contribution in [2.45, 2.75) is 30.2 Å². The first-order valence-electron chi connectivity index (χ1n) is 7.76. The molecule has 6 nitrogen and oxygen atoms in total. The molecule has 1 aromatic carbocycles. The van der Waals surface area contributed by atoms with Crippen molar-refractivity contribution in [3.05, 3.63) is 18.2 Å². The lowest BCUT2D eigenvalue weighted by Crippen LogP contribution is -2.51. The van der Waals surface area contributed by atoms with Gasteiger partial charge in [-0.1, -0.05) is 0 Å². The normalized spacial score (nSPS) is 20.2. The fourth-order valence-corrected chi connectivity index (χ4v) is 3.68. The summed E-state index contributed by atoms with van der Waals surface area (Å²) in [6, 6.07) is 5.19. The number of benzene rings is 1. The highest BCUT2D eigenvalue weighted by molar-refractivity contribution is 8.00. The largest absolute Gasteiger partial charge is 0.486 e. The summed E-state index contributed by atoms with van der Waals surface area (Å²) in [6.07, 6.45) is 2.52. The van der Waals surface area contributed by atoms with E-state index in [0.29, 0.717) is 31.9 Å². The van der Waals surface area contributed by atoms with Crippen molar-refractivity contribution in [1.29, 1.82) is 0 Å². The molecule has 0 spiro atoms. The van der Waals surface area contributed by atoms with Gasteiger partial charge in [0, 0.05) is 11.4 Å². The zero-order valence-electron chi connectivity index (χ0n) is 12.8. The molecule has 0 aromatic heterocycles. The summed E-state index contributed by atoms with van der Waals surface area (Å²) in [7, 11) is 0. The quantitative estimate of drug-likeness (QED) is 0.841. The number of likely N-dealkylation sites (tertiary alicyclic amines) is 1. The Hall–Kier alpha value is -1.89. The van der Waals surface area contributed by atoms with Crippen LogP contribution in [-0.2, 0) is 9.59 Å². The van der Waals surface area contributed by atoms with Crippen molar-refractivity contribution in [2.24, 2.45) is 5.73 Å². The van der Waals surface area contributed by atoms with Crippen LogP contribution in [0.3, 0.4) is 0 Å². The van der Waals surface area contributed by atoms with Crippen molar-refractivity contribution in [2.75, 3.05) is 25.5 Å². The second kappa shape index (κ2) is 7.12. The average molecular weight is 336 g/mol. The van der Waals surface area contributed by atoms with E-state index in [1.807, 2.05) is 18.2 Å². The van der Waals surface area contributed by atoms with Crippen LogP contribution in [0.5, 0.6) is 11.5 Å². The molecular formula is C16H20N2O4S. The zero-order chi connectivity index (χ0) is 16.2. The van der Waals surface area contributed by atoms with Gasteiger partial charge in [-0.25, -0.2) is 0 Å². The maximum atomic E-state index is 12.4. The third kappa shape index (κ3) is 3.72. The number of amides is 2. The third-order valence-electron chi connectivity index (χ3n) is 4.03. The minimum atomic E-state index is -0.461. The Morgan fingerprint density at radius 2 is 2.00 bits per heavy atom. The number of hydrogen-bond acceptors (Lipinski definition) is 5. The Kier molecular flexibility index (Phi) is 4.95. The van der Waals surface area contributed by atoms with Crippen molar-refractivity contribution >= 4 is 23.6 Å². The van der Waals surface area contributed by atoms with Crippen LogP contribution in [0.2, 0.25) is 0 Å². The third-order valence-corrected chi connectivity index (χ3v) is 5.01. The number of primary amides is 1. The number of carbonyl (C=O) groups is 2. The van der Waals surface area contributed by atoms with Crippen molar-refractivity contribution in [1.82, 2.24) is 4.90 Å². The van der Waals surface area contributed by atoms with Crippen LogP contribution >= 0.6 is 11.8 Å². The van der Waals surface area contributed by atoms with E-state index < -0.39 is 11.9 Å². The molecule has 1 aromatic rings. The van der Waals surface area contributed by atoms with Crippen LogP contribution in [0.15, 0.2) is 23.1 Å². The molecule has 0 radical (unpaired) electrons. The van der Waals surface area contributed by atoms with Gasteiger partial charge in [0.1, 0.15) is 19.3 Å². The summed E-state index contributed by atoms with van der Waals surface area (Å²) in [6.45, 7) is 1.70. The van der Waals surface area contributed by atoms with Gasteiger partial charge in [-0.05, 0) is 37.5 Å². The number of thioether (sulfide) groups is 1. The Labute approximate surface area is 139 Å². The molecule has 2 aliphatic rings. The lowest BCUT2D eigenvalue weighted by atomic mass is 10.0. The minimum Gasteiger partial charge on any atom is -0.486 e. The van der Waals surface area contributed by atoms with Crippen LogP contribution in [0.4, 0.5) is 0 Å². The minimum absolute atomic E-state index is 0.0478. The van der Waals surface area contributed by atoms with Crippen molar-refractivity contribution < 1.29 is 19.1 Å². The Balaban J connectivity index is 1.61. The molecule has 2 N–H and O–H groups in total. The van der Waals surface area contributed by atoms with Gasteiger partial charge in [-0.2, -0.15) is 0 Å². The SMILES string of the molecule is NC(=O)[C@@H]1CCCCN1C(=O)CSc1ccc2c(c1)OCCO2. The van der Waals surface area contributed by atoms with E-state index in [-0.39, 0.29) is 11.7 Å². The lowest BCUT2D eigenvalue weighted by Gasteiger charge is -2.33. The van der Waals surface area contributed by atoms with Crippen LogP contribution < -0.4 is 15.2 Å². The summed E-state index contributed by atoms with van der Waals surface area (Å²) in [5.41, 5.74) is 5.41. The lowest BCUT2D eigenvalue weighted by molar-refractivity contribution is -0.138.